The fourth-order valence-electron chi connectivity index (χ4n) is 6.67. The van der Waals surface area contributed by atoms with Crippen LogP contribution < -0.4 is 12.4 Å². The Morgan fingerprint density at radius 3 is 0.643 bits per heavy atom. The van der Waals surface area contributed by atoms with Crippen LogP contribution in [0.4, 0.5) is 0 Å². The molecule has 0 aromatic rings. The molecule has 0 N–H and O–H groups in total. The number of hydrogen-bond acceptors (Lipinski definition) is 0. The molecule has 0 rings (SSSR count). The standard InChI is InChI=1S/C40H84N.ClH/c1-6-8-10-12-14-16-18-20-22-24-26-28-30-32-34-36-38-41(5,40(3)4)39-37-35-33-31-29-27-25-23-21-19-17-15-13-11-9-7-2;/h40H,6-39H2,1-5H3;1H/q+1;/p-1. The van der Waals surface area contributed by atoms with Gasteiger partial charge in [-0.1, -0.05) is 194 Å². The molecular weight excluding hydrogens is 530 g/mol. The smallest absolute Gasteiger partial charge is 0.0831 e. The third kappa shape index (κ3) is 31.7. The van der Waals surface area contributed by atoms with Gasteiger partial charge < -0.3 is 16.9 Å². The molecule has 0 spiro atoms. The van der Waals surface area contributed by atoms with E-state index in [1.54, 1.807) is 0 Å². The molecule has 42 heavy (non-hydrogen) atoms. The van der Waals surface area contributed by atoms with E-state index < -0.39 is 0 Å². The lowest BCUT2D eigenvalue weighted by molar-refractivity contribution is -0.930. The molecule has 0 saturated heterocycles. The lowest BCUT2D eigenvalue weighted by Crippen LogP contribution is -3.00. The molecule has 0 unspecified atom stereocenters. The van der Waals surface area contributed by atoms with Gasteiger partial charge in [0.2, 0.25) is 0 Å². The molecule has 0 aromatic carbocycles. The van der Waals surface area contributed by atoms with Gasteiger partial charge in [-0.2, -0.15) is 0 Å². The van der Waals surface area contributed by atoms with E-state index in [2.05, 4.69) is 34.7 Å². The van der Waals surface area contributed by atoms with Crippen LogP contribution in [0.15, 0.2) is 0 Å². The Kier molecular flexibility index (Phi) is 37.7. The number of quaternary nitrogens is 1. The van der Waals surface area contributed by atoms with Crippen LogP contribution >= 0.6 is 0 Å². The fourth-order valence-corrected chi connectivity index (χ4v) is 6.67. The first-order valence-electron chi connectivity index (χ1n) is 19.9. The number of nitrogens with zero attached hydrogens (tertiary/aromatic N) is 1. The molecule has 256 valence electrons. The van der Waals surface area contributed by atoms with Crippen LogP contribution in [0, 0.1) is 0 Å². The first-order chi connectivity index (χ1) is 20.1. The van der Waals surface area contributed by atoms with Gasteiger partial charge in [0.25, 0.3) is 0 Å². The molecule has 0 heterocycles. The molecule has 0 amide bonds. The second-order valence-corrected chi connectivity index (χ2v) is 14.6. The van der Waals surface area contributed by atoms with E-state index in [4.69, 9.17) is 0 Å². The Bertz CT molecular complexity index is 440. The van der Waals surface area contributed by atoms with Crippen LogP contribution in [-0.4, -0.2) is 30.7 Å². The van der Waals surface area contributed by atoms with Gasteiger partial charge in [-0.3, -0.25) is 0 Å². The minimum atomic E-state index is 0. The molecule has 0 aliphatic heterocycles. The van der Waals surface area contributed by atoms with Gasteiger partial charge in [0, 0.05) is 0 Å². The Morgan fingerprint density at radius 1 is 0.310 bits per heavy atom. The summed E-state index contributed by atoms with van der Waals surface area (Å²) in [5.74, 6) is 0. The minimum Gasteiger partial charge on any atom is -1.00 e. The molecule has 0 radical (unpaired) electrons. The third-order valence-corrected chi connectivity index (χ3v) is 10.3. The zero-order chi connectivity index (χ0) is 30.1. The summed E-state index contributed by atoms with van der Waals surface area (Å²) < 4.78 is 1.30. The van der Waals surface area contributed by atoms with Gasteiger partial charge >= 0.3 is 0 Å². The number of hydrogen-bond donors (Lipinski definition) is 0. The van der Waals surface area contributed by atoms with E-state index in [0.717, 1.165) is 6.04 Å². The highest BCUT2D eigenvalue weighted by molar-refractivity contribution is 4.54. The van der Waals surface area contributed by atoms with Crippen molar-refractivity contribution in [2.45, 2.75) is 239 Å². The Labute approximate surface area is 275 Å². The van der Waals surface area contributed by atoms with Crippen LogP contribution in [-0.2, 0) is 0 Å². The number of halogens is 1. The summed E-state index contributed by atoms with van der Waals surface area (Å²) in [4.78, 5) is 0. The molecule has 0 aromatic heterocycles. The van der Waals surface area contributed by atoms with Crippen molar-refractivity contribution in [3.63, 3.8) is 0 Å². The molecule has 2 heteroatoms. The van der Waals surface area contributed by atoms with E-state index in [1.165, 1.54) is 223 Å². The van der Waals surface area contributed by atoms with Crippen LogP contribution in [0.3, 0.4) is 0 Å². The second kappa shape index (κ2) is 35.7. The maximum Gasteiger partial charge on any atom is 0.0831 e. The van der Waals surface area contributed by atoms with Gasteiger partial charge in [-0.15, -0.1) is 0 Å². The van der Waals surface area contributed by atoms with E-state index in [1.807, 2.05) is 0 Å². The monoisotopic (exact) mass is 614 g/mol. The fraction of sp³-hybridized carbons (Fsp3) is 1.00. The van der Waals surface area contributed by atoms with Crippen molar-refractivity contribution in [1.29, 1.82) is 0 Å². The highest BCUT2D eigenvalue weighted by Crippen LogP contribution is 2.19. The lowest BCUT2D eigenvalue weighted by atomic mass is 10.0. The van der Waals surface area contributed by atoms with Crippen molar-refractivity contribution >= 4 is 0 Å². The first kappa shape index (κ1) is 44.4. The lowest BCUT2D eigenvalue weighted by Gasteiger charge is -2.39. The molecule has 1 nitrogen and oxygen atoms in total. The number of rotatable bonds is 35. The molecule has 0 aliphatic carbocycles. The zero-order valence-electron chi connectivity index (χ0n) is 30.4. The second-order valence-electron chi connectivity index (χ2n) is 14.6. The number of unbranched alkanes of at least 4 members (excludes halogenated alkanes) is 30. The predicted octanol–water partition coefficient (Wildman–Crippen LogP) is 11.4. The molecular formula is C40H84ClN. The predicted molar refractivity (Wildman–Crippen MR) is 190 cm³/mol. The quantitative estimate of drug-likeness (QED) is 0.0492. The minimum absolute atomic E-state index is 0. The molecule has 0 atom stereocenters. The normalized spacial score (nSPS) is 11.9. The Balaban J connectivity index is 0. The Morgan fingerprint density at radius 2 is 0.476 bits per heavy atom. The summed E-state index contributed by atoms with van der Waals surface area (Å²) in [6.07, 6.45) is 46.9. The summed E-state index contributed by atoms with van der Waals surface area (Å²) in [7, 11) is 2.54. The van der Waals surface area contributed by atoms with Crippen molar-refractivity contribution < 1.29 is 16.9 Å². The van der Waals surface area contributed by atoms with Crippen molar-refractivity contribution in [1.82, 2.24) is 0 Å². The van der Waals surface area contributed by atoms with Crippen LogP contribution in [0.25, 0.3) is 0 Å². The highest BCUT2D eigenvalue weighted by atomic mass is 35.5. The van der Waals surface area contributed by atoms with Gasteiger partial charge in [0.1, 0.15) is 0 Å². The van der Waals surface area contributed by atoms with Crippen molar-refractivity contribution in [3.8, 4) is 0 Å². The molecule has 0 fully saturated rings. The molecule has 0 saturated carbocycles. The third-order valence-electron chi connectivity index (χ3n) is 10.3. The SMILES string of the molecule is CCCCCCCCCCCCCCCCCC[N+](C)(CCCCCCCCCCCCCCCCCC)C(C)C.[Cl-]. The van der Waals surface area contributed by atoms with Crippen molar-refractivity contribution in [2.75, 3.05) is 20.1 Å². The first-order valence-corrected chi connectivity index (χ1v) is 19.9. The molecule has 0 aliphatic rings. The van der Waals surface area contributed by atoms with E-state index >= 15 is 0 Å². The maximum atomic E-state index is 2.54. The summed E-state index contributed by atoms with van der Waals surface area (Å²) in [5, 5.41) is 0. The Hall–Kier alpha value is 0.250. The van der Waals surface area contributed by atoms with Gasteiger partial charge in [-0.05, 0) is 39.5 Å². The molecule has 0 bridgehead atoms. The van der Waals surface area contributed by atoms with E-state index in [0.29, 0.717) is 0 Å². The average Bonchev–Trinajstić information content (AvgIpc) is 2.96. The largest absolute Gasteiger partial charge is 1.00 e. The summed E-state index contributed by atoms with van der Waals surface area (Å²) in [6, 6.07) is 0.766. The summed E-state index contributed by atoms with van der Waals surface area (Å²) >= 11 is 0. The zero-order valence-corrected chi connectivity index (χ0v) is 31.2. The van der Waals surface area contributed by atoms with E-state index in [9.17, 15) is 0 Å². The summed E-state index contributed by atoms with van der Waals surface area (Å²) in [5.41, 5.74) is 0. The van der Waals surface area contributed by atoms with Crippen molar-refractivity contribution in [2.24, 2.45) is 0 Å². The maximum absolute atomic E-state index is 2.54. The highest BCUT2D eigenvalue weighted by Gasteiger charge is 2.24. The van der Waals surface area contributed by atoms with Gasteiger partial charge in [0.15, 0.2) is 0 Å². The van der Waals surface area contributed by atoms with Crippen molar-refractivity contribution in [3.05, 3.63) is 0 Å². The van der Waals surface area contributed by atoms with Gasteiger partial charge in [0.05, 0.1) is 26.2 Å². The van der Waals surface area contributed by atoms with Gasteiger partial charge in [-0.25, -0.2) is 0 Å². The van der Waals surface area contributed by atoms with Crippen LogP contribution in [0.1, 0.15) is 233 Å². The van der Waals surface area contributed by atoms with E-state index in [-0.39, 0.29) is 12.4 Å². The van der Waals surface area contributed by atoms with Crippen LogP contribution in [0.2, 0.25) is 0 Å². The topological polar surface area (TPSA) is 0 Å². The average molecular weight is 615 g/mol. The summed E-state index contributed by atoms with van der Waals surface area (Å²) in [6.45, 7) is 12.3. The van der Waals surface area contributed by atoms with Crippen LogP contribution in [0.5, 0.6) is 0 Å².